The van der Waals surface area contributed by atoms with Gasteiger partial charge in [0.1, 0.15) is 0 Å². The molecule has 4 nitrogen and oxygen atoms in total. The van der Waals surface area contributed by atoms with Crippen LogP contribution in [-0.4, -0.2) is 18.4 Å². The first-order valence-corrected chi connectivity index (χ1v) is 8.43. The number of hydrogen-bond acceptors (Lipinski definition) is 2. The Morgan fingerprint density at radius 2 is 1.54 bits per heavy atom. The lowest BCUT2D eigenvalue weighted by atomic mass is 10.1. The number of carbonyl (C=O) groups is 2. The van der Waals surface area contributed by atoms with E-state index in [9.17, 15) is 9.59 Å². The summed E-state index contributed by atoms with van der Waals surface area (Å²) in [6, 6.07) is 13.6. The quantitative estimate of drug-likeness (QED) is 0.726. The molecule has 0 saturated carbocycles. The molecule has 0 aliphatic heterocycles. The summed E-state index contributed by atoms with van der Waals surface area (Å²) in [5.74, 6) is -0.387. The van der Waals surface area contributed by atoms with E-state index in [0.29, 0.717) is 28.4 Å². The molecule has 2 N–H and O–H groups in total. The van der Waals surface area contributed by atoms with Crippen molar-refractivity contribution in [2.24, 2.45) is 0 Å². The van der Waals surface area contributed by atoms with Gasteiger partial charge in [0.25, 0.3) is 11.8 Å². The Balaban J connectivity index is 1.95. The van der Waals surface area contributed by atoms with E-state index < -0.39 is 0 Å². The Bertz CT molecular complexity index is 699. The molecule has 2 aromatic carbocycles. The van der Waals surface area contributed by atoms with Crippen LogP contribution in [0.15, 0.2) is 48.5 Å². The number of halogens is 1. The Kier molecular flexibility index (Phi) is 6.82. The smallest absolute Gasteiger partial charge is 0.255 e. The van der Waals surface area contributed by atoms with E-state index in [1.54, 1.807) is 48.5 Å². The predicted octanol–water partition coefficient (Wildman–Crippen LogP) is 4.51. The monoisotopic (exact) mass is 344 g/mol. The van der Waals surface area contributed by atoms with Crippen molar-refractivity contribution < 1.29 is 9.59 Å². The number of amides is 2. The van der Waals surface area contributed by atoms with E-state index >= 15 is 0 Å². The standard InChI is InChI=1S/C19H21ClN2O2/c1-2-3-6-13-21-18(23)14-9-11-15(12-10-14)19(24)22-17-8-5-4-7-16(17)20/h4-5,7-12H,2-3,6,13H2,1H3,(H,21,23)(H,22,24). The number of para-hydroxylation sites is 1. The molecule has 0 aliphatic rings. The largest absolute Gasteiger partial charge is 0.352 e. The van der Waals surface area contributed by atoms with Gasteiger partial charge in [-0.15, -0.1) is 0 Å². The van der Waals surface area contributed by atoms with Gasteiger partial charge in [0.05, 0.1) is 10.7 Å². The lowest BCUT2D eigenvalue weighted by molar-refractivity contribution is 0.0951. The van der Waals surface area contributed by atoms with Crippen molar-refractivity contribution in [1.29, 1.82) is 0 Å². The van der Waals surface area contributed by atoms with Gasteiger partial charge in [0, 0.05) is 17.7 Å². The molecule has 0 atom stereocenters. The second kappa shape index (κ2) is 9.08. The van der Waals surface area contributed by atoms with Crippen molar-refractivity contribution in [3.8, 4) is 0 Å². The normalized spacial score (nSPS) is 10.2. The number of hydrogen-bond donors (Lipinski definition) is 2. The minimum absolute atomic E-state index is 0.121. The fourth-order valence-corrected chi connectivity index (χ4v) is 2.39. The second-order valence-corrected chi connectivity index (χ2v) is 5.88. The van der Waals surface area contributed by atoms with E-state index in [1.807, 2.05) is 0 Å². The Hall–Kier alpha value is -2.33. The van der Waals surface area contributed by atoms with Gasteiger partial charge < -0.3 is 10.6 Å². The van der Waals surface area contributed by atoms with Gasteiger partial charge in [0.2, 0.25) is 0 Å². The molecule has 0 radical (unpaired) electrons. The first-order chi connectivity index (χ1) is 11.6. The zero-order chi connectivity index (χ0) is 17.4. The van der Waals surface area contributed by atoms with E-state index in [2.05, 4.69) is 17.6 Å². The van der Waals surface area contributed by atoms with Crippen molar-refractivity contribution in [3.05, 3.63) is 64.7 Å². The fourth-order valence-electron chi connectivity index (χ4n) is 2.21. The van der Waals surface area contributed by atoms with Crippen LogP contribution in [0, 0.1) is 0 Å². The molecular weight excluding hydrogens is 324 g/mol. The average Bonchev–Trinajstić information content (AvgIpc) is 2.60. The highest BCUT2D eigenvalue weighted by atomic mass is 35.5. The average molecular weight is 345 g/mol. The summed E-state index contributed by atoms with van der Waals surface area (Å²) in [7, 11) is 0. The molecular formula is C19H21ClN2O2. The Labute approximate surface area is 147 Å². The van der Waals surface area contributed by atoms with E-state index in [4.69, 9.17) is 11.6 Å². The number of anilines is 1. The highest BCUT2D eigenvalue weighted by Gasteiger charge is 2.10. The van der Waals surface area contributed by atoms with Crippen LogP contribution in [0.4, 0.5) is 5.69 Å². The third kappa shape index (κ3) is 5.10. The van der Waals surface area contributed by atoms with Crippen molar-refractivity contribution in [2.45, 2.75) is 26.2 Å². The first kappa shape index (κ1) is 18.0. The number of carbonyl (C=O) groups excluding carboxylic acids is 2. The minimum atomic E-state index is -0.266. The van der Waals surface area contributed by atoms with Crippen molar-refractivity contribution in [1.82, 2.24) is 5.32 Å². The number of benzene rings is 2. The molecule has 0 saturated heterocycles. The Morgan fingerprint density at radius 3 is 2.17 bits per heavy atom. The van der Waals surface area contributed by atoms with E-state index in [0.717, 1.165) is 19.3 Å². The molecule has 0 unspecified atom stereocenters. The van der Waals surface area contributed by atoms with Gasteiger partial charge in [-0.1, -0.05) is 43.5 Å². The summed E-state index contributed by atoms with van der Waals surface area (Å²) in [6.07, 6.45) is 3.19. The van der Waals surface area contributed by atoms with Crippen LogP contribution < -0.4 is 10.6 Å². The molecule has 0 aliphatic carbocycles. The topological polar surface area (TPSA) is 58.2 Å². The van der Waals surface area contributed by atoms with Crippen molar-refractivity contribution in [2.75, 3.05) is 11.9 Å². The molecule has 126 valence electrons. The summed E-state index contributed by atoms with van der Waals surface area (Å²) in [5, 5.41) is 6.11. The SMILES string of the molecule is CCCCCNC(=O)c1ccc(C(=O)Nc2ccccc2Cl)cc1. The first-order valence-electron chi connectivity index (χ1n) is 8.06. The van der Waals surface area contributed by atoms with Gasteiger partial charge in [-0.05, 0) is 42.8 Å². The maximum atomic E-state index is 12.2. The predicted molar refractivity (Wildman–Crippen MR) is 97.7 cm³/mol. The maximum absolute atomic E-state index is 12.2. The summed E-state index contributed by atoms with van der Waals surface area (Å²) < 4.78 is 0. The molecule has 2 amide bonds. The van der Waals surface area contributed by atoms with Crippen LogP contribution in [0.2, 0.25) is 5.02 Å². The second-order valence-electron chi connectivity index (χ2n) is 5.47. The van der Waals surface area contributed by atoms with Crippen molar-refractivity contribution >= 4 is 29.1 Å². The van der Waals surface area contributed by atoms with Gasteiger partial charge in [-0.2, -0.15) is 0 Å². The maximum Gasteiger partial charge on any atom is 0.255 e. The number of nitrogens with one attached hydrogen (secondary N) is 2. The third-order valence-corrected chi connectivity index (χ3v) is 3.93. The van der Waals surface area contributed by atoms with Gasteiger partial charge in [-0.25, -0.2) is 0 Å². The molecule has 0 fully saturated rings. The summed E-state index contributed by atoms with van der Waals surface area (Å²) in [4.78, 5) is 24.2. The van der Waals surface area contributed by atoms with Crippen LogP contribution in [0.1, 0.15) is 46.9 Å². The van der Waals surface area contributed by atoms with Crippen LogP contribution in [0.3, 0.4) is 0 Å². The number of unbranched alkanes of at least 4 members (excludes halogenated alkanes) is 2. The van der Waals surface area contributed by atoms with Crippen LogP contribution >= 0.6 is 11.6 Å². The molecule has 2 rings (SSSR count). The molecule has 0 bridgehead atoms. The molecule has 0 aromatic heterocycles. The zero-order valence-electron chi connectivity index (χ0n) is 13.6. The van der Waals surface area contributed by atoms with E-state index in [1.165, 1.54) is 0 Å². The van der Waals surface area contributed by atoms with Gasteiger partial charge >= 0.3 is 0 Å². The summed E-state index contributed by atoms with van der Waals surface area (Å²) in [6.45, 7) is 2.79. The van der Waals surface area contributed by atoms with Gasteiger partial charge in [0.15, 0.2) is 0 Å². The molecule has 2 aromatic rings. The molecule has 0 heterocycles. The molecule has 0 spiro atoms. The number of rotatable bonds is 7. The van der Waals surface area contributed by atoms with E-state index in [-0.39, 0.29) is 11.8 Å². The summed E-state index contributed by atoms with van der Waals surface area (Å²) >= 11 is 6.03. The van der Waals surface area contributed by atoms with Crippen LogP contribution in [0.5, 0.6) is 0 Å². The lowest BCUT2D eigenvalue weighted by Crippen LogP contribution is -2.24. The fraction of sp³-hybridized carbons (Fsp3) is 0.263. The van der Waals surface area contributed by atoms with Crippen LogP contribution in [0.25, 0.3) is 0 Å². The lowest BCUT2D eigenvalue weighted by Gasteiger charge is -2.08. The molecule has 24 heavy (non-hydrogen) atoms. The zero-order valence-corrected chi connectivity index (χ0v) is 14.4. The van der Waals surface area contributed by atoms with Crippen molar-refractivity contribution in [3.63, 3.8) is 0 Å². The summed E-state index contributed by atoms with van der Waals surface area (Å²) in [5.41, 5.74) is 1.57. The van der Waals surface area contributed by atoms with Crippen LogP contribution in [-0.2, 0) is 0 Å². The van der Waals surface area contributed by atoms with Gasteiger partial charge in [-0.3, -0.25) is 9.59 Å². The Morgan fingerprint density at radius 1 is 0.917 bits per heavy atom. The highest BCUT2D eigenvalue weighted by Crippen LogP contribution is 2.21. The minimum Gasteiger partial charge on any atom is -0.352 e. The highest BCUT2D eigenvalue weighted by molar-refractivity contribution is 6.33. The third-order valence-electron chi connectivity index (χ3n) is 3.60. The molecule has 5 heteroatoms.